The summed E-state index contributed by atoms with van der Waals surface area (Å²) in [4.78, 5) is 0. The Morgan fingerprint density at radius 1 is 1.15 bits per heavy atom. The average Bonchev–Trinajstić information content (AvgIpc) is 2.78. The second-order valence-corrected chi connectivity index (χ2v) is 10.2. The van der Waals surface area contributed by atoms with E-state index in [1.807, 2.05) is 6.92 Å². The predicted octanol–water partition coefficient (Wildman–Crippen LogP) is 6.22. The Kier molecular flexibility index (Phi) is 9.36. The Hall–Kier alpha value is -0.340. The first-order valence-corrected chi connectivity index (χ1v) is 11.0. The summed E-state index contributed by atoms with van der Waals surface area (Å²) in [5.41, 5.74) is 1.91. The smallest absolute Gasteiger partial charge is 0.0573 e. The Bertz CT molecular complexity index is 435. The molecule has 2 nitrogen and oxygen atoms in total. The number of aliphatic hydroxyl groups is 2. The van der Waals surface area contributed by atoms with Crippen molar-refractivity contribution in [2.45, 2.75) is 106 Å². The van der Waals surface area contributed by atoms with E-state index in [1.165, 1.54) is 31.3 Å². The van der Waals surface area contributed by atoms with Crippen LogP contribution in [0.15, 0.2) is 11.6 Å². The number of allylic oxidation sites excluding steroid dienone is 2. The van der Waals surface area contributed by atoms with Crippen LogP contribution in [0.4, 0.5) is 0 Å². The fraction of sp³-hybridized carbons (Fsp3) is 0.917. The summed E-state index contributed by atoms with van der Waals surface area (Å²) < 4.78 is 0. The van der Waals surface area contributed by atoms with Gasteiger partial charge in [-0.05, 0) is 81.0 Å². The number of rotatable bonds is 5. The number of hydrogen-bond donors (Lipinski definition) is 2. The largest absolute Gasteiger partial charge is 0.393 e. The molecule has 1 fully saturated rings. The molecular weight excluding hydrogens is 320 g/mol. The van der Waals surface area contributed by atoms with Crippen molar-refractivity contribution in [1.82, 2.24) is 0 Å². The van der Waals surface area contributed by atoms with Crippen molar-refractivity contribution in [2.75, 3.05) is 0 Å². The van der Waals surface area contributed by atoms with E-state index in [9.17, 15) is 10.2 Å². The summed E-state index contributed by atoms with van der Waals surface area (Å²) >= 11 is 0. The molecule has 2 heteroatoms. The van der Waals surface area contributed by atoms with Gasteiger partial charge in [0.2, 0.25) is 0 Å². The third-order valence-corrected chi connectivity index (χ3v) is 7.53. The van der Waals surface area contributed by atoms with E-state index in [1.54, 1.807) is 0 Å². The van der Waals surface area contributed by atoms with E-state index in [-0.39, 0.29) is 12.2 Å². The molecule has 0 radical (unpaired) electrons. The molecule has 2 rings (SSSR count). The lowest BCUT2D eigenvalue weighted by Gasteiger charge is -2.33. The molecule has 6 atom stereocenters. The SMILES string of the molecule is CC1=CCC(CCC(C)C(C)O)C1(C)C.CC1CCC(C(C)C)C(O)C1. The van der Waals surface area contributed by atoms with Gasteiger partial charge < -0.3 is 10.2 Å². The molecule has 0 aromatic heterocycles. The fourth-order valence-corrected chi connectivity index (χ4v) is 4.53. The highest BCUT2D eigenvalue weighted by molar-refractivity contribution is 5.18. The maximum atomic E-state index is 9.71. The van der Waals surface area contributed by atoms with Gasteiger partial charge in [0.05, 0.1) is 12.2 Å². The maximum Gasteiger partial charge on any atom is 0.0573 e. The van der Waals surface area contributed by atoms with Gasteiger partial charge in [0.15, 0.2) is 0 Å². The monoisotopic (exact) mass is 366 g/mol. The lowest BCUT2D eigenvalue weighted by atomic mass is 9.74. The zero-order valence-corrected chi connectivity index (χ0v) is 18.8. The topological polar surface area (TPSA) is 40.5 Å². The second-order valence-electron chi connectivity index (χ2n) is 10.2. The minimum atomic E-state index is -0.163. The quantitative estimate of drug-likeness (QED) is 0.567. The minimum absolute atomic E-state index is 0.0289. The molecule has 0 heterocycles. The Morgan fingerprint density at radius 3 is 2.19 bits per heavy atom. The van der Waals surface area contributed by atoms with E-state index in [0.29, 0.717) is 23.2 Å². The van der Waals surface area contributed by atoms with Crippen LogP contribution in [-0.4, -0.2) is 22.4 Å². The summed E-state index contributed by atoms with van der Waals surface area (Å²) in [6.45, 7) is 17.7. The van der Waals surface area contributed by atoms with Crippen LogP contribution in [0.1, 0.15) is 93.9 Å². The van der Waals surface area contributed by atoms with Crippen LogP contribution < -0.4 is 0 Å². The predicted molar refractivity (Wildman–Crippen MR) is 113 cm³/mol. The first-order chi connectivity index (χ1) is 12.0. The van der Waals surface area contributed by atoms with Crippen LogP contribution in [0.2, 0.25) is 0 Å². The molecule has 6 unspecified atom stereocenters. The Labute approximate surface area is 163 Å². The summed E-state index contributed by atoms with van der Waals surface area (Å²) in [5, 5.41) is 19.2. The van der Waals surface area contributed by atoms with Crippen LogP contribution >= 0.6 is 0 Å². The van der Waals surface area contributed by atoms with Gasteiger partial charge in [0, 0.05) is 0 Å². The van der Waals surface area contributed by atoms with Crippen LogP contribution in [0.25, 0.3) is 0 Å². The number of hydrogen-bond acceptors (Lipinski definition) is 2. The molecule has 2 N–H and O–H groups in total. The van der Waals surface area contributed by atoms with E-state index in [2.05, 4.69) is 54.5 Å². The molecule has 0 amide bonds. The minimum Gasteiger partial charge on any atom is -0.393 e. The van der Waals surface area contributed by atoms with Gasteiger partial charge in [-0.1, -0.05) is 59.6 Å². The molecule has 2 aliphatic rings. The fourth-order valence-electron chi connectivity index (χ4n) is 4.53. The molecule has 2 aliphatic carbocycles. The molecular formula is C24H46O2. The van der Waals surface area contributed by atoms with Gasteiger partial charge in [-0.3, -0.25) is 0 Å². The summed E-state index contributed by atoms with van der Waals surface area (Å²) in [6, 6.07) is 0. The lowest BCUT2D eigenvalue weighted by Crippen LogP contribution is -2.31. The van der Waals surface area contributed by atoms with E-state index in [0.717, 1.165) is 24.7 Å². The highest BCUT2D eigenvalue weighted by Gasteiger charge is 2.34. The van der Waals surface area contributed by atoms with E-state index in [4.69, 9.17) is 0 Å². The van der Waals surface area contributed by atoms with Crippen molar-refractivity contribution >= 4 is 0 Å². The van der Waals surface area contributed by atoms with Crippen molar-refractivity contribution in [3.63, 3.8) is 0 Å². The molecule has 0 bridgehead atoms. The standard InChI is InChI=1S/C14H26O.C10H20O/c1-10(12(3)15)6-8-13-9-7-11(2)14(13,4)5;1-7(2)9-5-4-8(3)6-10(9)11/h7,10,12-13,15H,6,8-9H2,1-5H3;7-11H,4-6H2,1-3H3. The van der Waals surface area contributed by atoms with Gasteiger partial charge in [-0.2, -0.15) is 0 Å². The first-order valence-electron chi connectivity index (χ1n) is 11.0. The Balaban J connectivity index is 0.000000273. The zero-order valence-electron chi connectivity index (χ0n) is 18.8. The molecule has 154 valence electrons. The first kappa shape index (κ1) is 23.7. The average molecular weight is 367 g/mol. The summed E-state index contributed by atoms with van der Waals surface area (Å²) in [5.74, 6) is 3.16. The van der Waals surface area contributed by atoms with Crippen LogP contribution in [-0.2, 0) is 0 Å². The highest BCUT2D eigenvalue weighted by atomic mass is 16.3. The molecule has 0 spiro atoms. The van der Waals surface area contributed by atoms with Gasteiger partial charge in [-0.25, -0.2) is 0 Å². The third kappa shape index (κ3) is 6.68. The van der Waals surface area contributed by atoms with E-state index >= 15 is 0 Å². The van der Waals surface area contributed by atoms with Crippen LogP contribution in [0, 0.1) is 35.0 Å². The van der Waals surface area contributed by atoms with Crippen molar-refractivity contribution in [1.29, 1.82) is 0 Å². The zero-order chi connectivity index (χ0) is 20.1. The van der Waals surface area contributed by atoms with E-state index < -0.39 is 0 Å². The highest BCUT2D eigenvalue weighted by Crippen LogP contribution is 2.45. The molecule has 0 saturated heterocycles. The molecule has 0 aliphatic heterocycles. The van der Waals surface area contributed by atoms with Gasteiger partial charge in [0.1, 0.15) is 0 Å². The third-order valence-electron chi connectivity index (χ3n) is 7.53. The lowest BCUT2D eigenvalue weighted by molar-refractivity contribution is 0.0266. The molecule has 0 aromatic rings. The summed E-state index contributed by atoms with van der Waals surface area (Å²) in [7, 11) is 0. The van der Waals surface area contributed by atoms with Gasteiger partial charge >= 0.3 is 0 Å². The normalized spacial score (nSPS) is 33.3. The summed E-state index contributed by atoms with van der Waals surface area (Å²) in [6.07, 6.45) is 9.35. The molecule has 1 saturated carbocycles. The second kappa shape index (κ2) is 10.3. The Morgan fingerprint density at radius 2 is 1.77 bits per heavy atom. The molecule has 26 heavy (non-hydrogen) atoms. The van der Waals surface area contributed by atoms with Crippen molar-refractivity contribution in [3.8, 4) is 0 Å². The molecule has 0 aromatic carbocycles. The van der Waals surface area contributed by atoms with Gasteiger partial charge in [0.25, 0.3) is 0 Å². The number of aliphatic hydroxyl groups excluding tert-OH is 2. The van der Waals surface area contributed by atoms with Gasteiger partial charge in [-0.15, -0.1) is 0 Å². The van der Waals surface area contributed by atoms with Crippen LogP contribution in [0.5, 0.6) is 0 Å². The van der Waals surface area contributed by atoms with Crippen LogP contribution in [0.3, 0.4) is 0 Å². The van der Waals surface area contributed by atoms with Crippen molar-refractivity contribution < 1.29 is 10.2 Å². The maximum absolute atomic E-state index is 9.71. The van der Waals surface area contributed by atoms with Crippen molar-refractivity contribution in [3.05, 3.63) is 11.6 Å². The van der Waals surface area contributed by atoms with Crippen molar-refractivity contribution in [2.24, 2.45) is 35.0 Å².